The zero-order valence-corrected chi connectivity index (χ0v) is 14.5. The number of nitrogens with zero attached hydrogens (tertiary/aromatic N) is 1. The van der Waals surface area contributed by atoms with Crippen LogP contribution in [0, 0.1) is 0 Å². The highest BCUT2D eigenvalue weighted by Crippen LogP contribution is 2.23. The number of aryl methyl sites for hydroxylation is 2. The zero-order chi connectivity index (χ0) is 17.1. The number of fused-ring (bicyclic) bond motifs is 1. The Balaban J connectivity index is 1.52. The van der Waals surface area contributed by atoms with Crippen LogP contribution in [0.4, 0.5) is 0 Å². The monoisotopic (exact) mass is 330 g/mol. The van der Waals surface area contributed by atoms with Gasteiger partial charge in [0.1, 0.15) is 6.10 Å². The molecule has 2 atom stereocenters. The van der Waals surface area contributed by atoms with Crippen molar-refractivity contribution in [3.05, 3.63) is 34.9 Å². The molecule has 0 unspecified atom stereocenters. The summed E-state index contributed by atoms with van der Waals surface area (Å²) >= 11 is 0. The minimum Gasteiger partial charge on any atom is -0.363 e. The number of benzene rings is 1. The van der Waals surface area contributed by atoms with E-state index in [0.29, 0.717) is 6.54 Å². The van der Waals surface area contributed by atoms with Gasteiger partial charge in [-0.1, -0.05) is 6.07 Å². The van der Waals surface area contributed by atoms with Crippen LogP contribution in [-0.2, 0) is 22.4 Å². The molecule has 1 heterocycles. The molecule has 0 spiro atoms. The predicted molar refractivity (Wildman–Crippen MR) is 92.0 cm³/mol. The van der Waals surface area contributed by atoms with E-state index in [1.54, 1.807) is 19.0 Å². The van der Waals surface area contributed by atoms with Gasteiger partial charge in [0.2, 0.25) is 0 Å². The highest BCUT2D eigenvalue weighted by molar-refractivity contribution is 5.94. The van der Waals surface area contributed by atoms with Gasteiger partial charge in [-0.2, -0.15) is 0 Å². The lowest BCUT2D eigenvalue weighted by Crippen LogP contribution is -2.36. The summed E-state index contributed by atoms with van der Waals surface area (Å²) in [5, 5.41) is 2.95. The maximum atomic E-state index is 12.4. The second-order valence-electron chi connectivity index (χ2n) is 6.96. The Bertz CT molecular complexity index is 627. The topological polar surface area (TPSA) is 58.6 Å². The van der Waals surface area contributed by atoms with Gasteiger partial charge in [0.25, 0.3) is 11.8 Å². The molecule has 5 heteroatoms. The third-order valence-corrected chi connectivity index (χ3v) is 4.92. The second kappa shape index (κ2) is 7.34. The summed E-state index contributed by atoms with van der Waals surface area (Å²) in [7, 11) is 3.47. The van der Waals surface area contributed by atoms with Gasteiger partial charge in [0.15, 0.2) is 0 Å². The van der Waals surface area contributed by atoms with E-state index < -0.39 is 0 Å². The Morgan fingerprint density at radius 1 is 1.17 bits per heavy atom. The number of carbonyl (C=O) groups is 2. The average molecular weight is 330 g/mol. The number of amides is 2. The van der Waals surface area contributed by atoms with Crippen LogP contribution in [-0.4, -0.2) is 49.6 Å². The first-order valence-electron chi connectivity index (χ1n) is 8.81. The highest BCUT2D eigenvalue weighted by Gasteiger charge is 2.31. The van der Waals surface area contributed by atoms with E-state index in [2.05, 4.69) is 11.4 Å². The van der Waals surface area contributed by atoms with Crippen molar-refractivity contribution in [1.82, 2.24) is 10.2 Å². The zero-order valence-electron chi connectivity index (χ0n) is 14.5. The van der Waals surface area contributed by atoms with Crippen LogP contribution in [0.3, 0.4) is 0 Å². The number of hydrogen-bond donors (Lipinski definition) is 1. The normalized spacial score (nSPS) is 22.8. The van der Waals surface area contributed by atoms with Crippen molar-refractivity contribution < 1.29 is 14.3 Å². The summed E-state index contributed by atoms with van der Waals surface area (Å²) < 4.78 is 5.76. The van der Waals surface area contributed by atoms with E-state index in [9.17, 15) is 9.59 Å². The van der Waals surface area contributed by atoms with Gasteiger partial charge in [-0.3, -0.25) is 9.59 Å². The third-order valence-electron chi connectivity index (χ3n) is 4.92. The van der Waals surface area contributed by atoms with Crippen LogP contribution in [0.25, 0.3) is 0 Å². The fourth-order valence-corrected chi connectivity index (χ4v) is 3.51. The van der Waals surface area contributed by atoms with Crippen LogP contribution in [0.15, 0.2) is 18.2 Å². The first-order valence-corrected chi connectivity index (χ1v) is 8.81. The average Bonchev–Trinajstić information content (AvgIpc) is 3.07. The van der Waals surface area contributed by atoms with Crippen LogP contribution in [0.2, 0.25) is 0 Å². The fourth-order valence-electron chi connectivity index (χ4n) is 3.51. The maximum Gasteiger partial charge on any atom is 0.251 e. The fraction of sp³-hybridized carbons (Fsp3) is 0.579. The lowest BCUT2D eigenvalue weighted by Gasteiger charge is -2.18. The van der Waals surface area contributed by atoms with Gasteiger partial charge in [0.05, 0.1) is 6.10 Å². The summed E-state index contributed by atoms with van der Waals surface area (Å²) in [6.07, 6.45) is 5.70. The van der Waals surface area contributed by atoms with Gasteiger partial charge >= 0.3 is 0 Å². The molecule has 0 aromatic heterocycles. The number of nitrogens with one attached hydrogen (secondary N) is 1. The van der Waals surface area contributed by atoms with E-state index in [1.807, 2.05) is 12.1 Å². The van der Waals surface area contributed by atoms with Gasteiger partial charge in [-0.05, 0) is 61.8 Å². The van der Waals surface area contributed by atoms with Crippen LogP contribution in [0.1, 0.15) is 47.2 Å². The summed E-state index contributed by atoms with van der Waals surface area (Å²) in [6.45, 7) is 0.452. The SMILES string of the molecule is CN(C)C(=O)[C@H]1CC[C@@H](CNC(=O)c2ccc3c(c2)CCCC3)O1. The summed E-state index contributed by atoms with van der Waals surface area (Å²) in [6, 6.07) is 6.02. The molecule has 2 amide bonds. The molecule has 1 aromatic carbocycles. The number of likely N-dealkylation sites (N-methyl/N-ethyl adjacent to an activating group) is 1. The number of hydrogen-bond acceptors (Lipinski definition) is 3. The smallest absolute Gasteiger partial charge is 0.251 e. The Kier molecular flexibility index (Phi) is 5.19. The predicted octanol–water partition coefficient (Wildman–Crippen LogP) is 1.93. The van der Waals surface area contributed by atoms with Crippen molar-refractivity contribution >= 4 is 11.8 Å². The van der Waals surface area contributed by atoms with Gasteiger partial charge in [-0.15, -0.1) is 0 Å². The molecule has 1 N–H and O–H groups in total. The van der Waals surface area contributed by atoms with Crippen LogP contribution in [0.5, 0.6) is 0 Å². The molecule has 130 valence electrons. The van der Waals surface area contributed by atoms with E-state index in [4.69, 9.17) is 4.74 Å². The molecule has 2 aliphatic rings. The highest BCUT2D eigenvalue weighted by atomic mass is 16.5. The van der Waals surface area contributed by atoms with Crippen molar-refractivity contribution in [2.75, 3.05) is 20.6 Å². The quantitative estimate of drug-likeness (QED) is 0.918. The van der Waals surface area contributed by atoms with E-state index in [1.165, 1.54) is 24.0 Å². The lowest BCUT2D eigenvalue weighted by molar-refractivity contribution is -0.140. The van der Waals surface area contributed by atoms with E-state index in [0.717, 1.165) is 31.2 Å². The molecule has 5 nitrogen and oxygen atoms in total. The molecule has 1 saturated heterocycles. The molecule has 0 bridgehead atoms. The maximum absolute atomic E-state index is 12.4. The van der Waals surface area contributed by atoms with Crippen molar-refractivity contribution in [2.24, 2.45) is 0 Å². The summed E-state index contributed by atoms with van der Waals surface area (Å²) in [5.74, 6) is -0.0622. The Morgan fingerprint density at radius 3 is 2.67 bits per heavy atom. The molecule has 0 saturated carbocycles. The minimum atomic E-state index is -0.370. The standard InChI is InChI=1S/C19H26N2O3/c1-21(2)19(23)17-10-9-16(24-17)12-20-18(22)15-8-7-13-5-3-4-6-14(13)11-15/h7-8,11,16-17H,3-6,9-10,12H2,1-2H3,(H,20,22)/t16-,17+/m0/s1. The molecular formula is C19H26N2O3. The Morgan fingerprint density at radius 2 is 1.92 bits per heavy atom. The number of carbonyl (C=O) groups excluding carboxylic acids is 2. The number of ether oxygens (including phenoxy) is 1. The second-order valence-corrected chi connectivity index (χ2v) is 6.96. The van der Waals surface area contributed by atoms with Crippen LogP contribution < -0.4 is 5.32 Å². The van der Waals surface area contributed by atoms with Crippen molar-refractivity contribution in [3.8, 4) is 0 Å². The Hall–Kier alpha value is -1.88. The van der Waals surface area contributed by atoms with E-state index >= 15 is 0 Å². The van der Waals surface area contributed by atoms with Crippen LogP contribution >= 0.6 is 0 Å². The lowest BCUT2D eigenvalue weighted by atomic mass is 9.90. The third kappa shape index (κ3) is 3.78. The first kappa shape index (κ1) is 17.0. The largest absolute Gasteiger partial charge is 0.363 e. The molecule has 0 radical (unpaired) electrons. The summed E-state index contributed by atoms with van der Waals surface area (Å²) in [5.41, 5.74) is 3.40. The molecule has 3 rings (SSSR count). The van der Waals surface area contributed by atoms with Crippen molar-refractivity contribution in [2.45, 2.75) is 50.7 Å². The molecule has 1 aliphatic heterocycles. The minimum absolute atomic E-state index is 0.00138. The van der Waals surface area contributed by atoms with Crippen molar-refractivity contribution in [1.29, 1.82) is 0 Å². The summed E-state index contributed by atoms with van der Waals surface area (Å²) in [4.78, 5) is 25.8. The molecule has 1 aromatic rings. The molecular weight excluding hydrogens is 304 g/mol. The first-order chi connectivity index (χ1) is 11.5. The van der Waals surface area contributed by atoms with E-state index in [-0.39, 0.29) is 24.0 Å². The molecule has 1 aliphatic carbocycles. The van der Waals surface area contributed by atoms with Crippen molar-refractivity contribution in [3.63, 3.8) is 0 Å². The van der Waals surface area contributed by atoms with Gasteiger partial charge in [0, 0.05) is 26.2 Å². The number of rotatable bonds is 4. The van der Waals surface area contributed by atoms with Gasteiger partial charge < -0.3 is 15.0 Å². The Labute approximate surface area is 143 Å². The molecule has 24 heavy (non-hydrogen) atoms. The molecule has 1 fully saturated rings. The van der Waals surface area contributed by atoms with Gasteiger partial charge in [-0.25, -0.2) is 0 Å².